The first-order chi connectivity index (χ1) is 12.6. The highest BCUT2D eigenvalue weighted by atomic mass is 32.1. The number of fused-ring (bicyclic) bond motifs is 3. The van der Waals surface area contributed by atoms with Crippen LogP contribution in [0, 0.1) is 5.92 Å². The first-order valence-corrected chi connectivity index (χ1v) is 10.0. The van der Waals surface area contributed by atoms with E-state index in [1.807, 2.05) is 20.7 Å². The molecular weight excluding hydrogens is 350 g/mol. The van der Waals surface area contributed by atoms with E-state index in [1.165, 1.54) is 15.9 Å². The Labute approximate surface area is 155 Å². The maximum absolute atomic E-state index is 12.4. The lowest BCUT2D eigenvalue weighted by Gasteiger charge is -2.30. The summed E-state index contributed by atoms with van der Waals surface area (Å²) in [5, 5.41) is 10.4. The minimum Gasteiger partial charge on any atom is -0.343 e. The molecule has 0 aliphatic carbocycles. The fourth-order valence-electron chi connectivity index (χ4n) is 3.63. The molecule has 0 unspecified atom stereocenters. The van der Waals surface area contributed by atoms with Crippen molar-refractivity contribution in [2.24, 2.45) is 13.0 Å². The third-order valence-electron chi connectivity index (χ3n) is 5.32. The summed E-state index contributed by atoms with van der Waals surface area (Å²) in [5.74, 6) is 2.31. The number of hydrogen-bond acceptors (Lipinski definition) is 5. The number of carbonyl (C=O) groups excluding carboxylic acids is 1. The second kappa shape index (κ2) is 6.83. The van der Waals surface area contributed by atoms with Crippen molar-refractivity contribution in [2.45, 2.75) is 39.0 Å². The molecule has 0 saturated carbocycles. The van der Waals surface area contributed by atoms with Gasteiger partial charge in [-0.15, -0.1) is 21.5 Å². The molecule has 4 heterocycles. The number of aryl methyl sites for hydroxylation is 2. The summed E-state index contributed by atoms with van der Waals surface area (Å²) in [4.78, 5) is 26.8. The van der Waals surface area contributed by atoms with E-state index in [1.54, 1.807) is 7.05 Å². The van der Waals surface area contributed by atoms with Gasteiger partial charge in [-0.05, 0) is 36.6 Å². The number of aromatic nitrogens is 4. The number of hydrogen-bond donors (Lipinski definition) is 0. The van der Waals surface area contributed by atoms with E-state index in [9.17, 15) is 9.59 Å². The molecule has 1 aliphatic heterocycles. The predicted octanol–water partition coefficient (Wildman–Crippen LogP) is 2.22. The summed E-state index contributed by atoms with van der Waals surface area (Å²) in [7, 11) is 1.72. The number of carbonyl (C=O) groups is 1. The van der Waals surface area contributed by atoms with Crippen molar-refractivity contribution in [2.75, 3.05) is 13.1 Å². The molecule has 0 atom stereocenters. The summed E-state index contributed by atoms with van der Waals surface area (Å²) < 4.78 is 4.19. The molecule has 7 nitrogen and oxygen atoms in total. The molecule has 1 fully saturated rings. The number of rotatable bonds is 4. The second-order valence-electron chi connectivity index (χ2n) is 7.17. The average Bonchev–Trinajstić information content (AvgIpc) is 3.27. The zero-order chi connectivity index (χ0) is 18.3. The van der Waals surface area contributed by atoms with E-state index in [2.05, 4.69) is 17.1 Å². The van der Waals surface area contributed by atoms with E-state index in [-0.39, 0.29) is 11.5 Å². The van der Waals surface area contributed by atoms with Crippen molar-refractivity contribution in [3.63, 3.8) is 0 Å². The number of likely N-dealkylation sites (tertiary alicyclic amines) is 1. The van der Waals surface area contributed by atoms with Gasteiger partial charge in [-0.25, -0.2) is 0 Å². The number of nitrogens with zero attached hydrogens (tertiary/aromatic N) is 5. The molecule has 1 saturated heterocycles. The van der Waals surface area contributed by atoms with E-state index in [0.717, 1.165) is 49.6 Å². The molecule has 0 N–H and O–H groups in total. The number of amides is 1. The Balaban J connectivity index is 1.50. The minimum absolute atomic E-state index is 0.0454. The monoisotopic (exact) mass is 373 g/mol. The average molecular weight is 373 g/mol. The van der Waals surface area contributed by atoms with Gasteiger partial charge in [-0.2, -0.15) is 0 Å². The summed E-state index contributed by atoms with van der Waals surface area (Å²) >= 11 is 1.43. The Morgan fingerprint density at radius 2 is 2.08 bits per heavy atom. The molecule has 26 heavy (non-hydrogen) atoms. The van der Waals surface area contributed by atoms with Crippen molar-refractivity contribution in [3.8, 4) is 0 Å². The Kier molecular flexibility index (Phi) is 4.52. The standard InChI is InChI=1S/C18H23N5O2S/c1-12-6-9-22(10-7-12)15(24)5-3-4-14-19-20-18-21(2)17(25)16-13(23(14)18)8-11-26-16/h8,11-12H,3-7,9-10H2,1-2H3. The molecule has 0 bridgehead atoms. The predicted molar refractivity (Wildman–Crippen MR) is 102 cm³/mol. The molecule has 8 heteroatoms. The highest BCUT2D eigenvalue weighted by Crippen LogP contribution is 2.20. The molecule has 3 aromatic heterocycles. The van der Waals surface area contributed by atoms with E-state index in [0.29, 0.717) is 23.3 Å². The topological polar surface area (TPSA) is 72.5 Å². The maximum Gasteiger partial charge on any atom is 0.272 e. The lowest BCUT2D eigenvalue weighted by atomic mass is 9.99. The fraction of sp³-hybridized carbons (Fsp3) is 0.556. The van der Waals surface area contributed by atoms with Gasteiger partial charge in [0.05, 0.1) is 5.52 Å². The van der Waals surface area contributed by atoms with Gasteiger partial charge < -0.3 is 4.90 Å². The van der Waals surface area contributed by atoms with E-state index < -0.39 is 0 Å². The van der Waals surface area contributed by atoms with Crippen molar-refractivity contribution < 1.29 is 4.79 Å². The zero-order valence-corrected chi connectivity index (χ0v) is 16.0. The quantitative estimate of drug-likeness (QED) is 0.703. The Morgan fingerprint density at radius 1 is 1.31 bits per heavy atom. The molecule has 0 spiro atoms. The van der Waals surface area contributed by atoms with Gasteiger partial charge in [0.2, 0.25) is 11.7 Å². The molecule has 1 aliphatic rings. The van der Waals surface area contributed by atoms with Gasteiger partial charge in [-0.3, -0.25) is 18.6 Å². The molecule has 0 aromatic carbocycles. The number of piperidine rings is 1. The first kappa shape index (κ1) is 17.2. The fourth-order valence-corrected chi connectivity index (χ4v) is 4.48. The minimum atomic E-state index is -0.0454. The normalized spacial score (nSPS) is 16.0. The third-order valence-corrected chi connectivity index (χ3v) is 6.22. The van der Waals surface area contributed by atoms with Crippen LogP contribution in [-0.2, 0) is 18.3 Å². The van der Waals surface area contributed by atoms with E-state index >= 15 is 0 Å². The highest BCUT2D eigenvalue weighted by Gasteiger charge is 2.20. The van der Waals surface area contributed by atoms with Crippen molar-refractivity contribution >= 4 is 33.2 Å². The third kappa shape index (κ3) is 2.92. The van der Waals surface area contributed by atoms with Gasteiger partial charge in [0.25, 0.3) is 5.56 Å². The van der Waals surface area contributed by atoms with Crippen molar-refractivity contribution in [3.05, 3.63) is 27.6 Å². The zero-order valence-electron chi connectivity index (χ0n) is 15.1. The van der Waals surface area contributed by atoms with Gasteiger partial charge in [0.1, 0.15) is 10.5 Å². The summed E-state index contributed by atoms with van der Waals surface area (Å²) in [6.45, 7) is 4.01. The van der Waals surface area contributed by atoms with Gasteiger partial charge >= 0.3 is 0 Å². The Bertz CT molecular complexity index is 1010. The van der Waals surface area contributed by atoms with Gasteiger partial charge in [0, 0.05) is 33.0 Å². The van der Waals surface area contributed by atoms with Crippen LogP contribution in [0.15, 0.2) is 16.2 Å². The second-order valence-corrected chi connectivity index (χ2v) is 8.08. The summed E-state index contributed by atoms with van der Waals surface area (Å²) in [6.07, 6.45) is 4.14. The molecule has 3 aromatic rings. The largest absolute Gasteiger partial charge is 0.343 e. The molecule has 4 rings (SSSR count). The Hall–Kier alpha value is -2.22. The Morgan fingerprint density at radius 3 is 2.85 bits per heavy atom. The van der Waals surface area contributed by atoms with E-state index in [4.69, 9.17) is 0 Å². The van der Waals surface area contributed by atoms with Gasteiger partial charge in [-0.1, -0.05) is 6.92 Å². The van der Waals surface area contributed by atoms with Crippen LogP contribution in [0.2, 0.25) is 0 Å². The SMILES string of the molecule is CC1CCN(C(=O)CCCc2nnc3n(C)c(=O)c4sccc4n23)CC1. The van der Waals surface area contributed by atoms with Crippen molar-refractivity contribution in [1.29, 1.82) is 0 Å². The smallest absolute Gasteiger partial charge is 0.272 e. The molecular formula is C18H23N5O2S. The van der Waals surface area contributed by atoms with Crippen LogP contribution in [0.5, 0.6) is 0 Å². The molecule has 0 radical (unpaired) electrons. The lowest BCUT2D eigenvalue weighted by molar-refractivity contribution is -0.132. The van der Waals surface area contributed by atoms with Crippen LogP contribution in [-0.4, -0.2) is 43.1 Å². The van der Waals surface area contributed by atoms with Crippen LogP contribution in [0.25, 0.3) is 16.0 Å². The van der Waals surface area contributed by atoms with Crippen LogP contribution in [0.4, 0.5) is 0 Å². The summed E-state index contributed by atoms with van der Waals surface area (Å²) in [5.41, 5.74) is 0.806. The summed E-state index contributed by atoms with van der Waals surface area (Å²) in [6, 6.07) is 1.93. The van der Waals surface area contributed by atoms with Crippen LogP contribution in [0.3, 0.4) is 0 Å². The van der Waals surface area contributed by atoms with Crippen LogP contribution < -0.4 is 5.56 Å². The lowest BCUT2D eigenvalue weighted by Crippen LogP contribution is -2.37. The van der Waals surface area contributed by atoms with Crippen LogP contribution in [0.1, 0.15) is 38.4 Å². The number of thiophene rings is 1. The maximum atomic E-state index is 12.4. The van der Waals surface area contributed by atoms with Crippen molar-refractivity contribution in [1.82, 2.24) is 24.1 Å². The molecule has 138 valence electrons. The van der Waals surface area contributed by atoms with Gasteiger partial charge in [0.15, 0.2) is 0 Å². The highest BCUT2D eigenvalue weighted by molar-refractivity contribution is 7.17. The molecule has 1 amide bonds. The first-order valence-electron chi connectivity index (χ1n) is 9.14. The van der Waals surface area contributed by atoms with Crippen LogP contribution >= 0.6 is 11.3 Å².